The molecule has 0 aliphatic rings. The molecule has 0 saturated heterocycles. The van der Waals surface area contributed by atoms with Gasteiger partial charge in [0.15, 0.2) is 0 Å². The minimum atomic E-state index is 0.0716. The highest BCUT2D eigenvalue weighted by Gasteiger charge is 2.11. The average molecular weight is 225 g/mol. The van der Waals surface area contributed by atoms with Crippen LogP contribution in [0.4, 0.5) is 0 Å². The van der Waals surface area contributed by atoms with Crippen LogP contribution >= 0.6 is 0 Å². The molecule has 0 radical (unpaired) electrons. The van der Waals surface area contributed by atoms with Gasteiger partial charge in [0.1, 0.15) is 11.5 Å². The van der Waals surface area contributed by atoms with Crippen LogP contribution in [0.25, 0.3) is 0 Å². The summed E-state index contributed by atoms with van der Waals surface area (Å²) in [5.41, 5.74) is 6.59. The van der Waals surface area contributed by atoms with E-state index in [1.54, 1.807) is 14.2 Å². The topological polar surface area (TPSA) is 64.7 Å². The summed E-state index contributed by atoms with van der Waals surface area (Å²) in [6.07, 6.45) is 0.708. The van der Waals surface area contributed by atoms with Gasteiger partial charge in [-0.3, -0.25) is 0 Å². The van der Waals surface area contributed by atoms with Crippen molar-refractivity contribution in [2.45, 2.75) is 6.42 Å². The molecule has 0 aliphatic heterocycles. The van der Waals surface area contributed by atoms with Gasteiger partial charge < -0.3 is 20.3 Å². The molecular formula is C12H19NO3. The third kappa shape index (κ3) is 3.12. The van der Waals surface area contributed by atoms with E-state index in [4.69, 9.17) is 20.3 Å². The molecule has 0 spiro atoms. The summed E-state index contributed by atoms with van der Waals surface area (Å²) in [7, 11) is 3.24. The van der Waals surface area contributed by atoms with Gasteiger partial charge in [0.05, 0.1) is 14.2 Å². The largest absolute Gasteiger partial charge is 0.497 e. The van der Waals surface area contributed by atoms with E-state index in [-0.39, 0.29) is 12.5 Å². The number of nitrogens with two attached hydrogens (primary N) is 1. The van der Waals surface area contributed by atoms with E-state index < -0.39 is 0 Å². The summed E-state index contributed by atoms with van der Waals surface area (Å²) in [5.74, 6) is 1.60. The second-order valence-electron chi connectivity index (χ2n) is 3.67. The molecule has 1 aromatic carbocycles. The van der Waals surface area contributed by atoms with Crippen LogP contribution in [0.1, 0.15) is 5.56 Å². The van der Waals surface area contributed by atoms with Crippen LogP contribution in [0.15, 0.2) is 18.2 Å². The van der Waals surface area contributed by atoms with E-state index in [2.05, 4.69) is 0 Å². The van der Waals surface area contributed by atoms with Crippen molar-refractivity contribution in [1.29, 1.82) is 0 Å². The molecule has 90 valence electrons. The number of benzene rings is 1. The first-order valence-corrected chi connectivity index (χ1v) is 5.27. The summed E-state index contributed by atoms with van der Waals surface area (Å²) in [4.78, 5) is 0. The highest BCUT2D eigenvalue weighted by molar-refractivity contribution is 5.41. The van der Waals surface area contributed by atoms with E-state index in [1.165, 1.54) is 0 Å². The quantitative estimate of drug-likeness (QED) is 0.752. The minimum absolute atomic E-state index is 0.0716. The molecule has 1 aromatic rings. The lowest BCUT2D eigenvalue weighted by Gasteiger charge is -2.15. The Morgan fingerprint density at radius 1 is 1.31 bits per heavy atom. The molecule has 1 atom stereocenters. The number of aliphatic hydroxyl groups is 1. The second-order valence-corrected chi connectivity index (χ2v) is 3.67. The molecule has 0 aliphatic carbocycles. The summed E-state index contributed by atoms with van der Waals surface area (Å²) in [6, 6.07) is 5.65. The molecule has 0 unspecified atom stereocenters. The molecule has 1 rings (SSSR count). The second kappa shape index (κ2) is 6.35. The third-order valence-electron chi connectivity index (χ3n) is 2.59. The molecule has 0 aromatic heterocycles. The van der Waals surface area contributed by atoms with Crippen LogP contribution < -0.4 is 15.2 Å². The fourth-order valence-corrected chi connectivity index (χ4v) is 1.55. The number of hydrogen-bond donors (Lipinski definition) is 2. The lowest BCUT2D eigenvalue weighted by atomic mass is 9.99. The van der Waals surface area contributed by atoms with E-state index in [0.29, 0.717) is 13.0 Å². The molecule has 3 N–H and O–H groups in total. The van der Waals surface area contributed by atoms with Gasteiger partial charge in [-0.25, -0.2) is 0 Å². The maximum absolute atomic E-state index is 9.11. The summed E-state index contributed by atoms with van der Waals surface area (Å²) in [6.45, 7) is 0.553. The fraction of sp³-hybridized carbons (Fsp3) is 0.500. The van der Waals surface area contributed by atoms with Gasteiger partial charge in [-0.1, -0.05) is 6.07 Å². The van der Waals surface area contributed by atoms with Crippen molar-refractivity contribution in [1.82, 2.24) is 0 Å². The van der Waals surface area contributed by atoms with Crippen molar-refractivity contribution in [3.63, 3.8) is 0 Å². The van der Waals surface area contributed by atoms with Crippen LogP contribution in [0.2, 0.25) is 0 Å². The molecular weight excluding hydrogens is 206 g/mol. The molecule has 0 saturated carbocycles. The highest BCUT2D eigenvalue weighted by atomic mass is 16.5. The first-order chi connectivity index (χ1) is 7.74. The predicted octanol–water partition coefficient (Wildman–Crippen LogP) is 0.814. The van der Waals surface area contributed by atoms with Crippen LogP contribution in [-0.2, 0) is 6.42 Å². The van der Waals surface area contributed by atoms with Crippen molar-refractivity contribution < 1.29 is 14.6 Å². The van der Waals surface area contributed by atoms with Gasteiger partial charge in [0.2, 0.25) is 0 Å². The highest BCUT2D eigenvalue weighted by Crippen LogP contribution is 2.26. The van der Waals surface area contributed by atoms with Crippen LogP contribution in [0.5, 0.6) is 11.5 Å². The molecule has 0 amide bonds. The van der Waals surface area contributed by atoms with Gasteiger partial charge in [-0.15, -0.1) is 0 Å². The molecule has 0 fully saturated rings. The Kier molecular flexibility index (Phi) is 5.08. The first kappa shape index (κ1) is 12.8. The number of hydrogen-bond acceptors (Lipinski definition) is 4. The third-order valence-corrected chi connectivity index (χ3v) is 2.59. The van der Waals surface area contributed by atoms with E-state index in [0.717, 1.165) is 17.1 Å². The van der Waals surface area contributed by atoms with Crippen molar-refractivity contribution in [3.05, 3.63) is 23.8 Å². The lowest BCUT2D eigenvalue weighted by Crippen LogP contribution is -2.20. The molecule has 0 heterocycles. The van der Waals surface area contributed by atoms with Gasteiger partial charge in [0.25, 0.3) is 0 Å². The average Bonchev–Trinajstić information content (AvgIpc) is 2.35. The van der Waals surface area contributed by atoms with Crippen LogP contribution in [-0.4, -0.2) is 32.5 Å². The summed E-state index contributed by atoms with van der Waals surface area (Å²) in [5, 5.41) is 9.11. The Bertz CT molecular complexity index is 324. The SMILES string of the molecule is COc1ccc(C[C@H](CN)CO)c(OC)c1. The van der Waals surface area contributed by atoms with E-state index in [1.807, 2.05) is 18.2 Å². The zero-order valence-corrected chi connectivity index (χ0v) is 9.77. The summed E-state index contributed by atoms with van der Waals surface area (Å²) >= 11 is 0. The first-order valence-electron chi connectivity index (χ1n) is 5.27. The zero-order chi connectivity index (χ0) is 12.0. The zero-order valence-electron chi connectivity index (χ0n) is 9.77. The van der Waals surface area contributed by atoms with Gasteiger partial charge in [0, 0.05) is 12.7 Å². The van der Waals surface area contributed by atoms with E-state index >= 15 is 0 Å². The normalized spacial score (nSPS) is 12.2. The number of aliphatic hydroxyl groups excluding tert-OH is 1. The van der Waals surface area contributed by atoms with Crippen molar-refractivity contribution >= 4 is 0 Å². The molecule has 4 nitrogen and oxygen atoms in total. The maximum atomic E-state index is 9.11. The van der Waals surface area contributed by atoms with Gasteiger partial charge in [-0.05, 0) is 30.5 Å². The van der Waals surface area contributed by atoms with Crippen molar-refractivity contribution in [2.75, 3.05) is 27.4 Å². The van der Waals surface area contributed by atoms with Crippen molar-refractivity contribution in [3.8, 4) is 11.5 Å². The Morgan fingerprint density at radius 3 is 2.56 bits per heavy atom. The summed E-state index contributed by atoms with van der Waals surface area (Å²) < 4.78 is 10.4. The molecule has 0 bridgehead atoms. The Hall–Kier alpha value is -1.26. The Labute approximate surface area is 96.0 Å². The molecule has 4 heteroatoms. The van der Waals surface area contributed by atoms with Crippen molar-refractivity contribution in [2.24, 2.45) is 11.7 Å². The Morgan fingerprint density at radius 2 is 2.06 bits per heavy atom. The fourth-order valence-electron chi connectivity index (χ4n) is 1.55. The maximum Gasteiger partial charge on any atom is 0.125 e. The number of methoxy groups -OCH3 is 2. The molecule has 16 heavy (non-hydrogen) atoms. The van der Waals surface area contributed by atoms with Gasteiger partial charge in [-0.2, -0.15) is 0 Å². The smallest absolute Gasteiger partial charge is 0.125 e. The lowest BCUT2D eigenvalue weighted by molar-refractivity contribution is 0.229. The number of rotatable bonds is 6. The van der Waals surface area contributed by atoms with Gasteiger partial charge >= 0.3 is 0 Å². The Balaban J connectivity index is 2.86. The predicted molar refractivity (Wildman–Crippen MR) is 62.9 cm³/mol. The van der Waals surface area contributed by atoms with E-state index in [9.17, 15) is 0 Å². The van der Waals surface area contributed by atoms with Crippen LogP contribution in [0.3, 0.4) is 0 Å². The standard InChI is InChI=1S/C12H19NO3/c1-15-11-4-3-10(12(6-11)16-2)5-9(7-13)8-14/h3-4,6,9,14H,5,7-8,13H2,1-2H3/t9-/m1/s1. The minimum Gasteiger partial charge on any atom is -0.497 e. The number of ether oxygens (including phenoxy) is 2. The monoisotopic (exact) mass is 225 g/mol. The van der Waals surface area contributed by atoms with Crippen LogP contribution in [0, 0.1) is 5.92 Å².